The first-order valence-electron chi connectivity index (χ1n) is 18.1. The fraction of sp³-hybridized carbons (Fsp3) is 0.415. The molecule has 0 radical (unpaired) electrons. The number of ether oxygens (including phenoxy) is 5. The first kappa shape index (κ1) is 40.0. The molecule has 1 fully saturated rings. The maximum atomic E-state index is 15.1. The molecule has 1 saturated heterocycles. The van der Waals surface area contributed by atoms with Crippen molar-refractivity contribution < 1.29 is 73.2 Å². The zero-order chi connectivity index (χ0) is 41.3. The third-order valence-corrected chi connectivity index (χ3v) is 11.6. The summed E-state index contributed by atoms with van der Waals surface area (Å²) in [6.07, 6.45) is -7.18. The SMILES string of the molecule is COC(=O)c1c(C)cc2c(c1OCc1ccccc1)[C@]1(O)C(=O)c3cc4c(c(O)c3C(=O)[C@]1(OC)[C@H](O)C2)C(=O)CC(=N[C@H]1O[C@@H](C)[C@H](OC)[C@@H](O)[C@H]1CO)C4=O. The zero-order valence-electron chi connectivity index (χ0n) is 31.6. The van der Waals surface area contributed by atoms with Crippen LogP contribution < -0.4 is 4.74 Å². The van der Waals surface area contributed by atoms with Crippen molar-refractivity contribution in [1.29, 1.82) is 0 Å². The van der Waals surface area contributed by atoms with Crippen LogP contribution in [0.25, 0.3) is 0 Å². The molecule has 4 aliphatic rings. The number of phenols is 1. The summed E-state index contributed by atoms with van der Waals surface area (Å²) in [7, 11) is 3.45. The number of aliphatic hydroxyl groups excluding tert-OH is 3. The first-order chi connectivity index (χ1) is 27.1. The second-order valence-corrected chi connectivity index (χ2v) is 14.6. The Bertz CT molecular complexity index is 2250. The number of carbonyl (C=O) groups is 5. The number of esters is 1. The molecule has 0 saturated carbocycles. The Morgan fingerprint density at radius 1 is 1.00 bits per heavy atom. The van der Waals surface area contributed by atoms with Gasteiger partial charge in [-0.1, -0.05) is 36.4 Å². The number of carbonyl (C=O) groups excluding carboxylic acids is 5. The van der Waals surface area contributed by atoms with Gasteiger partial charge in [0.2, 0.25) is 17.3 Å². The summed E-state index contributed by atoms with van der Waals surface area (Å²) in [5, 5.41) is 57.4. The molecule has 16 nitrogen and oxygen atoms in total. The van der Waals surface area contributed by atoms with Crippen LogP contribution >= 0.6 is 0 Å². The summed E-state index contributed by atoms with van der Waals surface area (Å²) in [6.45, 7) is 2.34. The van der Waals surface area contributed by atoms with E-state index in [1.807, 2.05) is 0 Å². The number of phenolic OH excluding ortho intramolecular Hbond substituents is 1. The van der Waals surface area contributed by atoms with Gasteiger partial charge in [0.1, 0.15) is 29.8 Å². The second-order valence-electron chi connectivity index (χ2n) is 14.6. The fourth-order valence-corrected chi connectivity index (χ4v) is 8.79. The fourth-order valence-electron chi connectivity index (χ4n) is 8.79. The van der Waals surface area contributed by atoms with Gasteiger partial charge in [-0.05, 0) is 36.6 Å². The predicted molar refractivity (Wildman–Crippen MR) is 196 cm³/mol. The van der Waals surface area contributed by atoms with Crippen LogP contribution in [0.1, 0.15) is 87.4 Å². The quantitative estimate of drug-likeness (QED) is 0.204. The lowest BCUT2D eigenvalue weighted by molar-refractivity contribution is -0.206. The summed E-state index contributed by atoms with van der Waals surface area (Å²) in [5.74, 6) is -7.79. The molecule has 8 atom stereocenters. The normalized spacial score (nSPS) is 30.0. The highest BCUT2D eigenvalue weighted by molar-refractivity contribution is 6.53. The standard InChI is InChI=1S/C41H41NO15/c1-17-11-20-12-26(45)41(55-5)37(50)29-22(36(49)40(41,52)30(20)35(27(17)39(51)54-4)56-16-19-9-7-6-8-10-19)13-21-28(33(29)48)25(44)14-24(31(21)46)42-38-23(15-43)32(47)34(53-3)18(2)57-38/h6-11,13,18,23,26,32,34,38,43,45,47-48,52H,12,14-16H2,1-5H3/t18-,23+,26+,32-,34-,38-,40-,41+/m0/s1. The second kappa shape index (κ2) is 14.6. The molecule has 300 valence electrons. The van der Waals surface area contributed by atoms with Gasteiger partial charge >= 0.3 is 5.97 Å². The predicted octanol–water partition coefficient (Wildman–Crippen LogP) is 1.57. The minimum Gasteiger partial charge on any atom is -0.506 e. The van der Waals surface area contributed by atoms with E-state index >= 15 is 4.79 Å². The van der Waals surface area contributed by atoms with Crippen LogP contribution in [-0.2, 0) is 37.6 Å². The van der Waals surface area contributed by atoms with E-state index in [1.165, 1.54) is 13.2 Å². The minimum atomic E-state index is -3.17. The van der Waals surface area contributed by atoms with Gasteiger partial charge < -0.3 is 49.2 Å². The van der Waals surface area contributed by atoms with E-state index in [4.69, 9.17) is 23.7 Å². The number of Topliss-reactive ketones (excluding diaryl/α,β-unsaturated/α-hetero) is 4. The molecule has 0 aromatic heterocycles. The van der Waals surface area contributed by atoms with Crippen LogP contribution in [0.2, 0.25) is 0 Å². The average Bonchev–Trinajstić information content (AvgIpc) is 3.18. The molecule has 0 unspecified atom stereocenters. The molecule has 57 heavy (non-hydrogen) atoms. The van der Waals surface area contributed by atoms with Crippen molar-refractivity contribution in [1.82, 2.24) is 0 Å². The first-order valence-corrected chi connectivity index (χ1v) is 18.1. The number of rotatable bonds is 8. The summed E-state index contributed by atoms with van der Waals surface area (Å²) in [4.78, 5) is 75.5. The number of aryl methyl sites for hydroxylation is 1. The van der Waals surface area contributed by atoms with Crippen molar-refractivity contribution in [2.45, 2.75) is 75.1 Å². The van der Waals surface area contributed by atoms with Crippen molar-refractivity contribution in [2.24, 2.45) is 10.9 Å². The Kier molecular flexibility index (Phi) is 10.3. The van der Waals surface area contributed by atoms with Gasteiger partial charge in [-0.15, -0.1) is 0 Å². The zero-order valence-corrected chi connectivity index (χ0v) is 31.6. The summed E-state index contributed by atoms with van der Waals surface area (Å²) in [5.41, 5.74) is -8.57. The van der Waals surface area contributed by atoms with Crippen LogP contribution in [0.3, 0.4) is 0 Å². The number of hydrogen-bond donors (Lipinski definition) is 5. The maximum absolute atomic E-state index is 15.1. The molecule has 0 amide bonds. The van der Waals surface area contributed by atoms with E-state index in [9.17, 15) is 44.7 Å². The van der Waals surface area contributed by atoms with Gasteiger partial charge in [0.25, 0.3) is 0 Å². The molecule has 1 heterocycles. The Morgan fingerprint density at radius 2 is 1.70 bits per heavy atom. The summed E-state index contributed by atoms with van der Waals surface area (Å²) >= 11 is 0. The van der Waals surface area contributed by atoms with E-state index < -0.39 is 130 Å². The smallest absolute Gasteiger partial charge is 0.341 e. The lowest BCUT2D eigenvalue weighted by atomic mass is 9.56. The van der Waals surface area contributed by atoms with Crippen LogP contribution in [0.15, 0.2) is 47.5 Å². The Labute approximate surface area is 325 Å². The molecular weight excluding hydrogens is 746 g/mol. The monoisotopic (exact) mass is 787 g/mol. The summed E-state index contributed by atoms with van der Waals surface area (Å²) < 4.78 is 28.1. The highest BCUT2D eigenvalue weighted by atomic mass is 16.6. The molecule has 5 N–H and O–H groups in total. The van der Waals surface area contributed by atoms with Gasteiger partial charge in [0.15, 0.2) is 23.2 Å². The molecule has 0 bridgehead atoms. The Hall–Kier alpha value is -5.20. The number of aromatic hydroxyl groups is 1. The van der Waals surface area contributed by atoms with E-state index in [2.05, 4.69) is 4.99 Å². The van der Waals surface area contributed by atoms with Gasteiger partial charge in [-0.2, -0.15) is 0 Å². The molecule has 16 heteroatoms. The van der Waals surface area contributed by atoms with Crippen molar-refractivity contribution in [3.63, 3.8) is 0 Å². The van der Waals surface area contributed by atoms with E-state index in [1.54, 1.807) is 44.2 Å². The van der Waals surface area contributed by atoms with Crippen molar-refractivity contribution in [2.75, 3.05) is 27.9 Å². The molecule has 1 aliphatic heterocycles. The lowest BCUT2D eigenvalue weighted by Crippen LogP contribution is -2.73. The highest BCUT2D eigenvalue weighted by Gasteiger charge is 2.73. The van der Waals surface area contributed by atoms with Crippen molar-refractivity contribution >= 4 is 34.8 Å². The van der Waals surface area contributed by atoms with Gasteiger partial charge in [-0.25, -0.2) is 4.79 Å². The van der Waals surface area contributed by atoms with Gasteiger partial charge in [0, 0.05) is 37.3 Å². The van der Waals surface area contributed by atoms with Gasteiger partial charge in [0.05, 0.1) is 61.2 Å². The molecule has 7 rings (SSSR count). The number of ketones is 4. The van der Waals surface area contributed by atoms with E-state index in [0.717, 1.165) is 20.3 Å². The third kappa shape index (κ3) is 5.69. The number of benzene rings is 3. The van der Waals surface area contributed by atoms with E-state index in [-0.39, 0.29) is 29.0 Å². The number of hydrogen-bond acceptors (Lipinski definition) is 16. The summed E-state index contributed by atoms with van der Waals surface area (Å²) in [6, 6.07) is 11.1. The highest BCUT2D eigenvalue weighted by Crippen LogP contribution is 2.57. The van der Waals surface area contributed by atoms with Crippen molar-refractivity contribution in [3.8, 4) is 11.5 Å². The number of aliphatic imine (C=N–C) groups is 1. The Balaban J connectivity index is 1.42. The number of methoxy groups -OCH3 is 3. The number of nitrogens with zero attached hydrogens (tertiary/aromatic N) is 1. The maximum Gasteiger partial charge on any atom is 0.341 e. The van der Waals surface area contributed by atoms with E-state index in [0.29, 0.717) is 11.1 Å². The molecule has 3 aromatic rings. The topological polar surface area (TPSA) is 245 Å². The molecule has 0 spiro atoms. The van der Waals surface area contributed by atoms with Gasteiger partial charge in [-0.3, -0.25) is 24.2 Å². The average molecular weight is 788 g/mol. The molecular formula is C41H41NO15. The number of fused-ring (bicyclic) bond motifs is 5. The van der Waals surface area contributed by atoms with Crippen LogP contribution in [-0.4, -0.2) is 125 Å². The minimum absolute atomic E-state index is 0.122. The van der Waals surface area contributed by atoms with Crippen LogP contribution in [0.4, 0.5) is 0 Å². The largest absolute Gasteiger partial charge is 0.506 e. The Morgan fingerprint density at radius 3 is 2.33 bits per heavy atom. The molecule has 3 aliphatic carbocycles. The van der Waals surface area contributed by atoms with Crippen LogP contribution in [0.5, 0.6) is 11.5 Å². The number of aliphatic hydroxyl groups is 4. The third-order valence-electron chi connectivity index (χ3n) is 11.6. The van der Waals surface area contributed by atoms with Crippen LogP contribution in [0, 0.1) is 12.8 Å². The molecule has 3 aromatic carbocycles. The van der Waals surface area contributed by atoms with Crippen molar-refractivity contribution in [3.05, 3.63) is 92.5 Å². The lowest BCUT2D eigenvalue weighted by Gasteiger charge is -2.53.